The van der Waals surface area contributed by atoms with Crippen LogP contribution in [0.5, 0.6) is 23.0 Å². The molecule has 0 saturated carbocycles. The Morgan fingerprint density at radius 3 is 1.41 bits per heavy atom. The molecule has 0 aromatic heterocycles. The van der Waals surface area contributed by atoms with Gasteiger partial charge in [-0.15, -0.1) is 0 Å². The van der Waals surface area contributed by atoms with Crippen molar-refractivity contribution in [2.75, 3.05) is 40.4 Å². The van der Waals surface area contributed by atoms with Crippen molar-refractivity contribution in [2.45, 2.75) is 26.9 Å². The highest BCUT2D eigenvalue weighted by atomic mass is 16.5. The predicted octanol–water partition coefficient (Wildman–Crippen LogP) is 4.50. The fourth-order valence-electron chi connectivity index (χ4n) is 4.10. The maximum Gasteiger partial charge on any atom is 0.162 e. The molecule has 0 aliphatic carbocycles. The summed E-state index contributed by atoms with van der Waals surface area (Å²) >= 11 is 0. The second kappa shape index (κ2) is 11.1. The summed E-state index contributed by atoms with van der Waals surface area (Å²) in [6.45, 7) is 8.78. The van der Waals surface area contributed by atoms with Crippen molar-refractivity contribution >= 4 is 12.2 Å². The van der Waals surface area contributed by atoms with Crippen molar-refractivity contribution < 1.29 is 19.7 Å². The molecule has 0 unspecified atom stereocenters. The SMILES string of the molecule is C/C=C/c1cc(CN2CCN(Cc3cc(/C=C/C)cc(OC)c3O)CC2)c(O)c(OC)c1. The lowest BCUT2D eigenvalue weighted by atomic mass is 10.1. The Labute approximate surface area is 191 Å². The third kappa shape index (κ3) is 5.64. The van der Waals surface area contributed by atoms with E-state index in [2.05, 4.69) is 9.80 Å². The number of hydrogen-bond acceptors (Lipinski definition) is 6. The number of methoxy groups -OCH3 is 2. The maximum absolute atomic E-state index is 10.6. The molecule has 0 atom stereocenters. The Balaban J connectivity index is 1.67. The number of piperazine rings is 1. The number of rotatable bonds is 8. The van der Waals surface area contributed by atoms with Crippen LogP contribution in [0.1, 0.15) is 36.1 Å². The number of phenolic OH excluding ortho intramolecular Hbond substituents is 2. The summed E-state index contributed by atoms with van der Waals surface area (Å²) in [6, 6.07) is 7.72. The first-order valence-corrected chi connectivity index (χ1v) is 11.0. The van der Waals surface area contributed by atoms with E-state index in [-0.39, 0.29) is 11.5 Å². The molecule has 172 valence electrons. The molecule has 1 fully saturated rings. The minimum atomic E-state index is 0.209. The van der Waals surface area contributed by atoms with Crippen LogP contribution in [0.25, 0.3) is 12.2 Å². The molecule has 0 amide bonds. The van der Waals surface area contributed by atoms with E-state index in [4.69, 9.17) is 9.47 Å². The maximum atomic E-state index is 10.6. The lowest BCUT2D eigenvalue weighted by Crippen LogP contribution is -2.45. The first kappa shape index (κ1) is 23.7. The predicted molar refractivity (Wildman–Crippen MR) is 129 cm³/mol. The van der Waals surface area contributed by atoms with Gasteiger partial charge in [-0.25, -0.2) is 0 Å². The van der Waals surface area contributed by atoms with Crippen LogP contribution < -0.4 is 9.47 Å². The summed E-state index contributed by atoms with van der Waals surface area (Å²) in [5.74, 6) is 1.42. The molecule has 32 heavy (non-hydrogen) atoms. The molecule has 1 heterocycles. The summed E-state index contributed by atoms with van der Waals surface area (Å²) in [5, 5.41) is 21.2. The van der Waals surface area contributed by atoms with Gasteiger partial charge in [0.2, 0.25) is 0 Å². The van der Waals surface area contributed by atoms with Crippen molar-refractivity contribution in [1.29, 1.82) is 0 Å². The molecule has 2 N–H and O–H groups in total. The Bertz CT molecular complexity index is 897. The molecule has 0 bridgehead atoms. The number of phenols is 2. The van der Waals surface area contributed by atoms with Gasteiger partial charge in [0.25, 0.3) is 0 Å². The molecule has 2 aromatic rings. The second-order valence-electron chi connectivity index (χ2n) is 8.01. The number of nitrogens with zero attached hydrogens (tertiary/aromatic N) is 2. The number of benzene rings is 2. The van der Waals surface area contributed by atoms with Crippen LogP contribution in [0.15, 0.2) is 36.4 Å². The third-order valence-corrected chi connectivity index (χ3v) is 5.76. The van der Waals surface area contributed by atoms with Gasteiger partial charge in [-0.2, -0.15) is 0 Å². The van der Waals surface area contributed by atoms with E-state index < -0.39 is 0 Å². The summed E-state index contributed by atoms with van der Waals surface area (Å²) in [4.78, 5) is 4.67. The van der Waals surface area contributed by atoms with Crippen molar-refractivity contribution in [3.8, 4) is 23.0 Å². The van der Waals surface area contributed by atoms with Gasteiger partial charge < -0.3 is 19.7 Å². The van der Waals surface area contributed by atoms with Crippen molar-refractivity contribution in [1.82, 2.24) is 9.80 Å². The van der Waals surface area contributed by atoms with E-state index in [1.54, 1.807) is 14.2 Å². The third-order valence-electron chi connectivity index (χ3n) is 5.76. The van der Waals surface area contributed by atoms with Crippen LogP contribution in [0, 0.1) is 0 Å². The highest BCUT2D eigenvalue weighted by Crippen LogP contribution is 2.34. The van der Waals surface area contributed by atoms with Crippen LogP contribution in [-0.4, -0.2) is 60.4 Å². The average molecular weight is 439 g/mol. The first-order chi connectivity index (χ1) is 15.5. The molecular formula is C26H34N2O4. The van der Waals surface area contributed by atoms with Crippen molar-refractivity contribution in [3.05, 3.63) is 58.7 Å². The molecular weight excluding hydrogens is 404 g/mol. The first-order valence-electron chi connectivity index (χ1n) is 11.0. The second-order valence-corrected chi connectivity index (χ2v) is 8.01. The van der Waals surface area contributed by atoms with E-state index in [0.29, 0.717) is 24.6 Å². The zero-order valence-electron chi connectivity index (χ0n) is 19.5. The highest BCUT2D eigenvalue weighted by Gasteiger charge is 2.21. The monoisotopic (exact) mass is 438 g/mol. The Kier molecular flexibility index (Phi) is 8.20. The summed E-state index contributed by atoms with van der Waals surface area (Å²) in [7, 11) is 3.15. The molecule has 6 heteroatoms. The van der Waals surface area contributed by atoms with Gasteiger partial charge >= 0.3 is 0 Å². The summed E-state index contributed by atoms with van der Waals surface area (Å²) in [6.07, 6.45) is 7.96. The summed E-state index contributed by atoms with van der Waals surface area (Å²) < 4.78 is 10.7. The minimum Gasteiger partial charge on any atom is -0.504 e. The Morgan fingerprint density at radius 2 is 1.09 bits per heavy atom. The van der Waals surface area contributed by atoms with E-state index in [0.717, 1.165) is 48.4 Å². The molecule has 1 saturated heterocycles. The van der Waals surface area contributed by atoms with E-state index in [9.17, 15) is 10.2 Å². The lowest BCUT2D eigenvalue weighted by molar-refractivity contribution is 0.120. The number of hydrogen-bond donors (Lipinski definition) is 2. The molecule has 1 aliphatic heterocycles. The van der Waals surface area contributed by atoms with Gasteiger partial charge in [-0.1, -0.05) is 24.3 Å². The van der Waals surface area contributed by atoms with Gasteiger partial charge in [0.05, 0.1) is 14.2 Å². The normalized spacial score (nSPS) is 15.6. The molecule has 6 nitrogen and oxygen atoms in total. The summed E-state index contributed by atoms with van der Waals surface area (Å²) in [5.41, 5.74) is 3.77. The van der Waals surface area contributed by atoms with E-state index in [1.807, 2.05) is 62.4 Å². The topological polar surface area (TPSA) is 65.4 Å². The van der Waals surface area contributed by atoms with Crippen molar-refractivity contribution in [2.24, 2.45) is 0 Å². The molecule has 2 aromatic carbocycles. The zero-order valence-corrected chi connectivity index (χ0v) is 19.5. The van der Waals surface area contributed by atoms with Crippen LogP contribution in [-0.2, 0) is 13.1 Å². The van der Waals surface area contributed by atoms with Crippen LogP contribution >= 0.6 is 0 Å². The van der Waals surface area contributed by atoms with E-state index in [1.165, 1.54) is 0 Å². The number of ether oxygens (including phenoxy) is 2. The minimum absolute atomic E-state index is 0.209. The largest absolute Gasteiger partial charge is 0.504 e. The average Bonchev–Trinajstić information content (AvgIpc) is 2.79. The van der Waals surface area contributed by atoms with Crippen LogP contribution in [0.3, 0.4) is 0 Å². The zero-order chi connectivity index (χ0) is 23.1. The van der Waals surface area contributed by atoms with Crippen LogP contribution in [0.4, 0.5) is 0 Å². The highest BCUT2D eigenvalue weighted by molar-refractivity contribution is 5.59. The van der Waals surface area contributed by atoms with Gasteiger partial charge in [0.1, 0.15) is 0 Å². The smallest absolute Gasteiger partial charge is 0.162 e. The number of allylic oxidation sites excluding steroid dienone is 2. The molecule has 1 aliphatic rings. The van der Waals surface area contributed by atoms with E-state index >= 15 is 0 Å². The van der Waals surface area contributed by atoms with Crippen LogP contribution in [0.2, 0.25) is 0 Å². The fraction of sp³-hybridized carbons (Fsp3) is 0.385. The number of aromatic hydroxyl groups is 2. The lowest BCUT2D eigenvalue weighted by Gasteiger charge is -2.35. The Hall–Kier alpha value is -2.96. The fourth-order valence-corrected chi connectivity index (χ4v) is 4.10. The quantitative estimate of drug-likeness (QED) is 0.633. The molecule has 3 rings (SSSR count). The van der Waals surface area contributed by atoms with Gasteiger partial charge in [0.15, 0.2) is 23.0 Å². The Morgan fingerprint density at radius 1 is 0.719 bits per heavy atom. The molecule has 0 radical (unpaired) electrons. The van der Waals surface area contributed by atoms with Crippen molar-refractivity contribution in [3.63, 3.8) is 0 Å². The van der Waals surface area contributed by atoms with Gasteiger partial charge in [-0.3, -0.25) is 9.80 Å². The van der Waals surface area contributed by atoms with Gasteiger partial charge in [0, 0.05) is 50.4 Å². The standard InChI is InChI=1S/C26H34N2O4/c1-5-7-19-13-21(25(29)23(15-19)31-3)17-27-9-11-28(12-10-27)18-22-14-20(8-6-2)16-24(32-4)26(22)30/h5-8,13-16,29-30H,9-12,17-18H2,1-4H3/b7-5+,8-6+. The van der Waals surface area contributed by atoms with Gasteiger partial charge in [-0.05, 0) is 49.2 Å². The molecule has 0 spiro atoms.